The van der Waals surface area contributed by atoms with Crippen molar-refractivity contribution in [3.63, 3.8) is 0 Å². The molecular weight excluding hydrogens is 238 g/mol. The molecule has 0 unspecified atom stereocenters. The molecule has 1 heterocycles. The van der Waals surface area contributed by atoms with Crippen LogP contribution in [0.4, 0.5) is 0 Å². The van der Waals surface area contributed by atoms with Crippen LogP contribution >= 0.6 is 22.9 Å². The summed E-state index contributed by atoms with van der Waals surface area (Å²) in [6, 6.07) is 15.6. The van der Waals surface area contributed by atoms with Crippen molar-refractivity contribution in [2.75, 3.05) is 0 Å². The maximum absolute atomic E-state index is 9.10. The Balaban J connectivity index is 2.38. The van der Waals surface area contributed by atoms with Crippen LogP contribution in [0.5, 0.6) is 0 Å². The molecule has 16 heavy (non-hydrogen) atoms. The Hall–Kier alpha value is -1.56. The molecule has 0 bridgehead atoms. The molecule has 0 atom stereocenters. The van der Waals surface area contributed by atoms with Gasteiger partial charge in [-0.3, -0.25) is 0 Å². The van der Waals surface area contributed by atoms with Crippen molar-refractivity contribution in [1.82, 2.24) is 0 Å². The Morgan fingerprint density at radius 3 is 2.50 bits per heavy atom. The summed E-state index contributed by atoms with van der Waals surface area (Å²) in [4.78, 5) is 0.991. The summed E-state index contributed by atoms with van der Waals surface area (Å²) in [6.45, 7) is 0. The Kier molecular flexibility index (Phi) is 3.40. The first-order chi connectivity index (χ1) is 7.79. The molecule has 0 aliphatic rings. The fourth-order valence-electron chi connectivity index (χ4n) is 1.35. The number of rotatable bonds is 2. The van der Waals surface area contributed by atoms with Crippen LogP contribution in [0.1, 0.15) is 10.4 Å². The number of thiophene rings is 1. The predicted molar refractivity (Wildman–Crippen MR) is 69.3 cm³/mol. The molecule has 1 aromatic heterocycles. The van der Waals surface area contributed by atoms with Gasteiger partial charge in [0, 0.05) is 4.88 Å². The maximum atomic E-state index is 9.10. The summed E-state index contributed by atoms with van der Waals surface area (Å²) in [5.74, 6) is 0. The lowest BCUT2D eigenvalue weighted by Gasteiger charge is -1.96. The van der Waals surface area contributed by atoms with Crippen LogP contribution in [0.15, 0.2) is 42.5 Å². The average molecular weight is 246 g/mol. The number of halogens is 1. The number of hydrogen-bond acceptors (Lipinski definition) is 2. The van der Waals surface area contributed by atoms with E-state index in [1.807, 2.05) is 48.5 Å². The second kappa shape index (κ2) is 4.98. The number of benzene rings is 1. The second-order valence-corrected chi connectivity index (χ2v) is 4.92. The van der Waals surface area contributed by atoms with Gasteiger partial charge in [0.1, 0.15) is 0 Å². The molecule has 0 radical (unpaired) electrons. The van der Waals surface area contributed by atoms with Gasteiger partial charge in [-0.2, -0.15) is 5.26 Å². The Morgan fingerprint density at radius 2 is 1.94 bits per heavy atom. The molecule has 2 aromatic rings. The first-order valence-electron chi connectivity index (χ1n) is 4.72. The van der Waals surface area contributed by atoms with Gasteiger partial charge in [-0.25, -0.2) is 0 Å². The van der Waals surface area contributed by atoms with Crippen molar-refractivity contribution in [3.8, 4) is 6.07 Å². The number of nitriles is 1. The standard InChI is InChI=1S/C13H8ClNS/c14-13-7-6-12(16-13)8-11(9-15)10-4-2-1-3-5-10/h1-8H. The summed E-state index contributed by atoms with van der Waals surface area (Å²) in [6.07, 6.45) is 1.85. The zero-order chi connectivity index (χ0) is 11.4. The quantitative estimate of drug-likeness (QED) is 0.717. The van der Waals surface area contributed by atoms with E-state index in [1.165, 1.54) is 11.3 Å². The lowest BCUT2D eigenvalue weighted by molar-refractivity contribution is 1.52. The zero-order valence-electron chi connectivity index (χ0n) is 8.35. The summed E-state index contributed by atoms with van der Waals surface area (Å²) >= 11 is 7.30. The summed E-state index contributed by atoms with van der Waals surface area (Å²) in [5, 5.41) is 9.10. The molecule has 78 valence electrons. The van der Waals surface area contributed by atoms with Gasteiger partial charge in [-0.05, 0) is 23.8 Å². The van der Waals surface area contributed by atoms with E-state index in [1.54, 1.807) is 0 Å². The number of allylic oxidation sites excluding steroid dienone is 1. The highest BCUT2D eigenvalue weighted by atomic mass is 35.5. The van der Waals surface area contributed by atoms with Gasteiger partial charge in [-0.15, -0.1) is 11.3 Å². The summed E-state index contributed by atoms with van der Waals surface area (Å²) in [5.41, 5.74) is 1.58. The summed E-state index contributed by atoms with van der Waals surface area (Å²) < 4.78 is 0.733. The fraction of sp³-hybridized carbons (Fsp3) is 0. The van der Waals surface area contributed by atoms with Gasteiger partial charge in [0.2, 0.25) is 0 Å². The van der Waals surface area contributed by atoms with Crippen molar-refractivity contribution < 1.29 is 0 Å². The minimum atomic E-state index is 0.652. The lowest BCUT2D eigenvalue weighted by Crippen LogP contribution is -1.79. The van der Waals surface area contributed by atoms with Gasteiger partial charge in [-0.1, -0.05) is 41.9 Å². The molecule has 3 heteroatoms. The molecule has 0 spiro atoms. The fourth-order valence-corrected chi connectivity index (χ4v) is 2.35. The third kappa shape index (κ3) is 2.52. The van der Waals surface area contributed by atoms with E-state index in [4.69, 9.17) is 16.9 Å². The molecule has 0 aliphatic carbocycles. The van der Waals surface area contributed by atoms with Crippen LogP contribution in [0.25, 0.3) is 11.6 Å². The van der Waals surface area contributed by atoms with Crippen molar-refractivity contribution in [1.29, 1.82) is 5.26 Å². The van der Waals surface area contributed by atoms with E-state index < -0.39 is 0 Å². The Bertz CT molecular complexity index is 549. The topological polar surface area (TPSA) is 23.8 Å². The first-order valence-corrected chi connectivity index (χ1v) is 5.91. The van der Waals surface area contributed by atoms with E-state index >= 15 is 0 Å². The first kappa shape index (κ1) is 10.9. The highest BCUT2D eigenvalue weighted by molar-refractivity contribution is 7.17. The predicted octanol–water partition coefficient (Wildman–Crippen LogP) is 4.47. The third-order valence-corrected chi connectivity index (χ3v) is 3.26. The van der Waals surface area contributed by atoms with Crippen LogP contribution in [-0.2, 0) is 0 Å². The van der Waals surface area contributed by atoms with Crippen molar-refractivity contribution in [3.05, 3.63) is 57.2 Å². The van der Waals surface area contributed by atoms with Gasteiger partial charge in [0.15, 0.2) is 0 Å². The van der Waals surface area contributed by atoms with Crippen LogP contribution in [-0.4, -0.2) is 0 Å². The average Bonchev–Trinajstić information content (AvgIpc) is 2.73. The number of hydrogen-bond donors (Lipinski definition) is 0. The highest BCUT2D eigenvalue weighted by Gasteiger charge is 2.01. The van der Waals surface area contributed by atoms with E-state index in [9.17, 15) is 0 Å². The smallest absolute Gasteiger partial charge is 0.0998 e. The minimum absolute atomic E-state index is 0.652. The SMILES string of the molecule is N#CC(=Cc1ccc(Cl)s1)c1ccccc1. The summed E-state index contributed by atoms with van der Waals surface area (Å²) in [7, 11) is 0. The molecule has 0 saturated carbocycles. The molecule has 1 nitrogen and oxygen atoms in total. The van der Waals surface area contributed by atoms with Crippen molar-refractivity contribution in [2.45, 2.75) is 0 Å². The molecule has 0 N–H and O–H groups in total. The molecular formula is C13H8ClNS. The highest BCUT2D eigenvalue weighted by Crippen LogP contribution is 2.25. The van der Waals surface area contributed by atoms with Crippen LogP contribution in [0, 0.1) is 11.3 Å². The second-order valence-electron chi connectivity index (χ2n) is 3.18. The van der Waals surface area contributed by atoms with Crippen LogP contribution in [0.3, 0.4) is 0 Å². The van der Waals surface area contributed by atoms with Gasteiger partial charge in [0.25, 0.3) is 0 Å². The molecule has 0 fully saturated rings. The third-order valence-electron chi connectivity index (χ3n) is 2.09. The molecule has 2 rings (SSSR count). The van der Waals surface area contributed by atoms with Crippen LogP contribution < -0.4 is 0 Å². The Labute approximate surface area is 103 Å². The van der Waals surface area contributed by atoms with E-state index in [0.717, 1.165) is 14.8 Å². The monoisotopic (exact) mass is 245 g/mol. The van der Waals surface area contributed by atoms with Crippen molar-refractivity contribution in [2.24, 2.45) is 0 Å². The lowest BCUT2D eigenvalue weighted by atomic mass is 10.1. The normalized spacial score (nSPS) is 11.1. The Morgan fingerprint density at radius 1 is 1.19 bits per heavy atom. The zero-order valence-corrected chi connectivity index (χ0v) is 9.92. The van der Waals surface area contributed by atoms with Gasteiger partial charge < -0.3 is 0 Å². The van der Waals surface area contributed by atoms with E-state index in [0.29, 0.717) is 5.57 Å². The number of nitrogens with zero attached hydrogens (tertiary/aromatic N) is 1. The molecule has 0 amide bonds. The van der Waals surface area contributed by atoms with Crippen molar-refractivity contribution >= 4 is 34.6 Å². The van der Waals surface area contributed by atoms with E-state index in [2.05, 4.69) is 6.07 Å². The molecule has 1 aromatic carbocycles. The van der Waals surface area contributed by atoms with Crippen LogP contribution in [0.2, 0.25) is 4.34 Å². The minimum Gasteiger partial charge on any atom is -0.192 e. The largest absolute Gasteiger partial charge is 0.192 e. The van der Waals surface area contributed by atoms with Gasteiger partial charge in [0.05, 0.1) is 16.0 Å². The molecule has 0 saturated heterocycles. The molecule has 0 aliphatic heterocycles. The van der Waals surface area contributed by atoms with E-state index in [-0.39, 0.29) is 0 Å². The maximum Gasteiger partial charge on any atom is 0.0998 e. The van der Waals surface area contributed by atoms with Gasteiger partial charge >= 0.3 is 0 Å².